The van der Waals surface area contributed by atoms with Crippen molar-refractivity contribution < 1.29 is 19.0 Å². The van der Waals surface area contributed by atoms with E-state index in [1.165, 1.54) is 21.8 Å². The summed E-state index contributed by atoms with van der Waals surface area (Å²) in [6.45, 7) is 8.12. The zero-order valence-corrected chi connectivity index (χ0v) is 20.7. The molecule has 1 aromatic heterocycles. The SMILES string of the molecule is CCOC(=O)CCc1ccc(OCCn2c(C)ccc2-c2ccc(SC)cc2)cc1OCC. The molecule has 5 nitrogen and oxygen atoms in total. The van der Waals surface area contributed by atoms with Gasteiger partial charge in [-0.1, -0.05) is 18.2 Å². The molecule has 3 aromatic rings. The van der Waals surface area contributed by atoms with E-state index in [-0.39, 0.29) is 5.97 Å². The van der Waals surface area contributed by atoms with E-state index in [4.69, 9.17) is 14.2 Å². The van der Waals surface area contributed by atoms with E-state index in [0.717, 1.165) is 23.6 Å². The molecule has 0 spiro atoms. The van der Waals surface area contributed by atoms with Crippen molar-refractivity contribution in [3.63, 3.8) is 0 Å². The van der Waals surface area contributed by atoms with Gasteiger partial charge in [0.1, 0.15) is 18.1 Å². The van der Waals surface area contributed by atoms with Crippen LogP contribution in [0.2, 0.25) is 0 Å². The zero-order valence-electron chi connectivity index (χ0n) is 19.9. The van der Waals surface area contributed by atoms with Crippen molar-refractivity contribution in [3.8, 4) is 22.8 Å². The van der Waals surface area contributed by atoms with Crippen LogP contribution < -0.4 is 9.47 Å². The van der Waals surface area contributed by atoms with Crippen LogP contribution in [0.4, 0.5) is 0 Å². The van der Waals surface area contributed by atoms with Crippen molar-refractivity contribution in [1.29, 1.82) is 0 Å². The van der Waals surface area contributed by atoms with Crippen LogP contribution in [0.15, 0.2) is 59.5 Å². The van der Waals surface area contributed by atoms with Crippen LogP contribution >= 0.6 is 11.8 Å². The second-order valence-electron chi connectivity index (χ2n) is 7.60. The Balaban J connectivity index is 1.65. The fourth-order valence-electron chi connectivity index (χ4n) is 3.73. The third-order valence-corrected chi connectivity index (χ3v) is 6.15. The summed E-state index contributed by atoms with van der Waals surface area (Å²) in [7, 11) is 0. The number of esters is 1. The normalized spacial score (nSPS) is 10.8. The standard InChI is InChI=1S/C27H33NO4S/c1-5-30-26-19-23(12-8-22(26)11-16-27(29)31-6-2)32-18-17-28-20(3)7-15-25(28)21-9-13-24(33-4)14-10-21/h7-10,12-15,19H,5-6,11,16-18H2,1-4H3. The molecule has 0 aliphatic heterocycles. The Labute approximate surface area is 201 Å². The number of hydrogen-bond donors (Lipinski definition) is 0. The van der Waals surface area contributed by atoms with E-state index in [1.807, 2.05) is 32.0 Å². The van der Waals surface area contributed by atoms with E-state index < -0.39 is 0 Å². The number of nitrogens with zero attached hydrogens (tertiary/aromatic N) is 1. The summed E-state index contributed by atoms with van der Waals surface area (Å²) in [5.41, 5.74) is 4.57. The summed E-state index contributed by atoms with van der Waals surface area (Å²) in [6, 6.07) is 18.8. The van der Waals surface area contributed by atoms with Crippen LogP contribution in [0.3, 0.4) is 0 Å². The van der Waals surface area contributed by atoms with Crippen LogP contribution in [0, 0.1) is 6.92 Å². The van der Waals surface area contributed by atoms with Gasteiger partial charge < -0.3 is 18.8 Å². The number of aryl methyl sites for hydroxylation is 2. The third-order valence-electron chi connectivity index (χ3n) is 5.41. The van der Waals surface area contributed by atoms with Gasteiger partial charge in [-0.05, 0) is 74.9 Å². The molecule has 0 aliphatic carbocycles. The number of carbonyl (C=O) groups is 1. The van der Waals surface area contributed by atoms with Crippen molar-refractivity contribution in [2.75, 3.05) is 26.1 Å². The van der Waals surface area contributed by atoms with Gasteiger partial charge in [-0.25, -0.2) is 0 Å². The van der Waals surface area contributed by atoms with E-state index in [1.54, 1.807) is 11.8 Å². The summed E-state index contributed by atoms with van der Waals surface area (Å²) in [4.78, 5) is 13.0. The zero-order chi connectivity index (χ0) is 23.6. The molecule has 0 bridgehead atoms. The summed E-state index contributed by atoms with van der Waals surface area (Å²) in [5, 5.41) is 0. The number of benzene rings is 2. The molecular formula is C27H33NO4S. The molecule has 0 radical (unpaired) electrons. The Morgan fingerprint density at radius 2 is 1.76 bits per heavy atom. The van der Waals surface area contributed by atoms with Gasteiger partial charge in [0.05, 0.1) is 19.8 Å². The molecular weight excluding hydrogens is 434 g/mol. The minimum atomic E-state index is -0.193. The minimum absolute atomic E-state index is 0.193. The van der Waals surface area contributed by atoms with Gasteiger partial charge in [0.15, 0.2) is 0 Å². The molecule has 0 atom stereocenters. The van der Waals surface area contributed by atoms with Gasteiger partial charge in [0.25, 0.3) is 0 Å². The summed E-state index contributed by atoms with van der Waals surface area (Å²) >= 11 is 1.75. The molecule has 0 aliphatic rings. The summed E-state index contributed by atoms with van der Waals surface area (Å²) in [6.07, 6.45) is 3.00. The molecule has 0 N–H and O–H groups in total. The van der Waals surface area contributed by atoms with E-state index >= 15 is 0 Å². The Kier molecular flexibility index (Phi) is 9.31. The number of hydrogen-bond acceptors (Lipinski definition) is 5. The van der Waals surface area contributed by atoms with Gasteiger partial charge in [0, 0.05) is 28.8 Å². The molecule has 176 valence electrons. The van der Waals surface area contributed by atoms with Crippen molar-refractivity contribution in [2.24, 2.45) is 0 Å². The van der Waals surface area contributed by atoms with Crippen molar-refractivity contribution >= 4 is 17.7 Å². The molecule has 2 aromatic carbocycles. The number of thioether (sulfide) groups is 1. The smallest absolute Gasteiger partial charge is 0.306 e. The predicted molar refractivity (Wildman–Crippen MR) is 134 cm³/mol. The minimum Gasteiger partial charge on any atom is -0.493 e. The Morgan fingerprint density at radius 1 is 0.970 bits per heavy atom. The van der Waals surface area contributed by atoms with Gasteiger partial charge >= 0.3 is 5.97 Å². The molecule has 0 saturated carbocycles. The Morgan fingerprint density at radius 3 is 2.45 bits per heavy atom. The Hall–Kier alpha value is -2.86. The number of carbonyl (C=O) groups excluding carboxylic acids is 1. The highest BCUT2D eigenvalue weighted by Gasteiger charge is 2.11. The second kappa shape index (κ2) is 12.4. The van der Waals surface area contributed by atoms with Gasteiger partial charge in [-0.15, -0.1) is 11.8 Å². The maximum atomic E-state index is 11.7. The molecule has 3 rings (SSSR count). The average molecular weight is 468 g/mol. The van der Waals surface area contributed by atoms with Crippen molar-refractivity contribution in [1.82, 2.24) is 4.57 Å². The Bertz CT molecular complexity index is 1040. The molecule has 0 amide bonds. The van der Waals surface area contributed by atoms with Crippen molar-refractivity contribution in [2.45, 2.75) is 45.1 Å². The van der Waals surface area contributed by atoms with Crippen LogP contribution in [0.25, 0.3) is 11.3 Å². The first-order valence-electron chi connectivity index (χ1n) is 11.4. The van der Waals surface area contributed by atoms with Gasteiger partial charge in [-0.2, -0.15) is 0 Å². The largest absolute Gasteiger partial charge is 0.493 e. The summed E-state index contributed by atoms with van der Waals surface area (Å²) in [5.74, 6) is 1.32. The van der Waals surface area contributed by atoms with Gasteiger partial charge in [0.2, 0.25) is 0 Å². The monoisotopic (exact) mass is 467 g/mol. The average Bonchev–Trinajstić information content (AvgIpc) is 3.19. The van der Waals surface area contributed by atoms with E-state index in [9.17, 15) is 4.79 Å². The highest BCUT2D eigenvalue weighted by atomic mass is 32.2. The lowest BCUT2D eigenvalue weighted by Gasteiger charge is -2.15. The molecule has 6 heteroatoms. The quantitative estimate of drug-likeness (QED) is 0.236. The third kappa shape index (κ3) is 6.81. The lowest BCUT2D eigenvalue weighted by molar-refractivity contribution is -0.143. The molecule has 0 fully saturated rings. The molecule has 0 saturated heterocycles. The maximum Gasteiger partial charge on any atom is 0.306 e. The fraction of sp³-hybridized carbons (Fsp3) is 0.370. The fourth-order valence-corrected chi connectivity index (χ4v) is 4.13. The maximum absolute atomic E-state index is 11.7. The first-order valence-corrected chi connectivity index (χ1v) is 12.6. The highest BCUT2D eigenvalue weighted by molar-refractivity contribution is 7.98. The molecule has 1 heterocycles. The van der Waals surface area contributed by atoms with E-state index in [0.29, 0.717) is 32.7 Å². The highest BCUT2D eigenvalue weighted by Crippen LogP contribution is 2.28. The van der Waals surface area contributed by atoms with Gasteiger partial charge in [-0.3, -0.25) is 4.79 Å². The van der Waals surface area contributed by atoms with Crippen molar-refractivity contribution in [3.05, 3.63) is 65.9 Å². The van der Waals surface area contributed by atoms with E-state index in [2.05, 4.69) is 54.1 Å². The van der Waals surface area contributed by atoms with Crippen LogP contribution in [0.5, 0.6) is 11.5 Å². The first-order chi connectivity index (χ1) is 16.0. The lowest BCUT2D eigenvalue weighted by Crippen LogP contribution is -2.11. The number of ether oxygens (including phenoxy) is 3. The first kappa shape index (κ1) is 24.8. The second-order valence-corrected chi connectivity index (χ2v) is 8.48. The van der Waals surface area contributed by atoms with Crippen LogP contribution in [-0.4, -0.2) is 36.6 Å². The molecule has 0 unspecified atom stereocenters. The topological polar surface area (TPSA) is 49.7 Å². The molecule has 33 heavy (non-hydrogen) atoms. The number of aromatic nitrogens is 1. The lowest BCUT2D eigenvalue weighted by atomic mass is 10.1. The summed E-state index contributed by atoms with van der Waals surface area (Å²) < 4.78 is 19.2. The number of rotatable bonds is 12. The van der Waals surface area contributed by atoms with Crippen LogP contribution in [0.1, 0.15) is 31.5 Å². The van der Waals surface area contributed by atoms with Crippen LogP contribution in [-0.2, 0) is 22.5 Å². The predicted octanol–water partition coefficient (Wildman–Crippen LogP) is 6.16.